The molecule has 0 aliphatic rings. The molecule has 0 saturated carbocycles. The minimum absolute atomic E-state index is 0.0571. The second-order valence-corrected chi connectivity index (χ2v) is 12.9. The summed E-state index contributed by atoms with van der Waals surface area (Å²) in [5, 5.41) is 3.05. The van der Waals surface area contributed by atoms with E-state index in [0.29, 0.717) is 11.4 Å². The van der Waals surface area contributed by atoms with E-state index in [-0.39, 0.29) is 29.8 Å². The fourth-order valence-corrected chi connectivity index (χ4v) is 6.30. The molecule has 0 fully saturated rings. The zero-order valence-corrected chi connectivity index (χ0v) is 27.0. The summed E-state index contributed by atoms with van der Waals surface area (Å²) in [6, 6.07) is 30.9. The summed E-state index contributed by atoms with van der Waals surface area (Å²) in [5.74, 6) is -0.256. The number of anilines is 1. The standard InChI is InChI=1S/C36H41N3O5S/c1-5-28(3)37-36(41)34(24-29-12-8-6-9-13-29)38(25-30-14-10-7-11-15-30)35(40)26-39(31-18-20-32(44-4)21-19-31)45(42,43)33-22-16-27(2)17-23-33/h6-23,28,34H,5,24-26H2,1-4H3,(H,37,41)/t28-,34-/m0/s1. The van der Waals surface area contributed by atoms with E-state index in [4.69, 9.17) is 4.74 Å². The van der Waals surface area contributed by atoms with Crippen LogP contribution < -0.4 is 14.4 Å². The number of methoxy groups -OCH3 is 1. The maximum Gasteiger partial charge on any atom is 0.264 e. The van der Waals surface area contributed by atoms with Crippen LogP contribution in [-0.2, 0) is 32.6 Å². The lowest BCUT2D eigenvalue weighted by molar-refractivity contribution is -0.140. The number of aryl methyl sites for hydroxylation is 1. The fraction of sp³-hybridized carbons (Fsp3) is 0.278. The lowest BCUT2D eigenvalue weighted by atomic mass is 10.0. The highest BCUT2D eigenvalue weighted by Crippen LogP contribution is 2.27. The van der Waals surface area contributed by atoms with Crippen LogP contribution in [0.15, 0.2) is 114 Å². The van der Waals surface area contributed by atoms with Gasteiger partial charge in [-0.2, -0.15) is 0 Å². The Hall–Kier alpha value is -4.63. The first-order chi connectivity index (χ1) is 21.6. The van der Waals surface area contributed by atoms with Gasteiger partial charge in [0.15, 0.2) is 0 Å². The zero-order chi connectivity index (χ0) is 32.4. The van der Waals surface area contributed by atoms with Crippen molar-refractivity contribution in [2.75, 3.05) is 18.0 Å². The van der Waals surface area contributed by atoms with Crippen molar-refractivity contribution >= 4 is 27.5 Å². The number of amides is 2. The Kier molecular flexibility index (Phi) is 11.4. The van der Waals surface area contributed by atoms with Crippen LogP contribution in [0, 0.1) is 6.92 Å². The van der Waals surface area contributed by atoms with Gasteiger partial charge in [-0.15, -0.1) is 0 Å². The Morgan fingerprint density at radius 3 is 1.96 bits per heavy atom. The second kappa shape index (κ2) is 15.4. The van der Waals surface area contributed by atoms with Crippen LogP contribution in [0.4, 0.5) is 5.69 Å². The third-order valence-electron chi connectivity index (χ3n) is 7.72. The third-order valence-corrected chi connectivity index (χ3v) is 9.50. The Bertz CT molecular complexity index is 1640. The lowest BCUT2D eigenvalue weighted by Crippen LogP contribution is -2.54. The van der Waals surface area contributed by atoms with Gasteiger partial charge in [-0.1, -0.05) is 85.3 Å². The number of nitrogens with one attached hydrogen (secondary N) is 1. The molecule has 0 spiro atoms. The summed E-state index contributed by atoms with van der Waals surface area (Å²) in [7, 11) is -2.65. The topological polar surface area (TPSA) is 96.0 Å². The number of hydrogen-bond acceptors (Lipinski definition) is 5. The molecule has 0 heterocycles. The Morgan fingerprint density at radius 1 is 0.822 bits per heavy atom. The maximum atomic E-state index is 14.5. The van der Waals surface area contributed by atoms with Crippen LogP contribution in [0.5, 0.6) is 5.75 Å². The summed E-state index contributed by atoms with van der Waals surface area (Å²) in [4.78, 5) is 29.9. The van der Waals surface area contributed by atoms with Crippen LogP contribution in [-0.4, -0.2) is 50.9 Å². The first kappa shape index (κ1) is 33.3. The number of ether oxygens (including phenoxy) is 1. The van der Waals surface area contributed by atoms with Crippen molar-refractivity contribution in [3.63, 3.8) is 0 Å². The zero-order valence-electron chi connectivity index (χ0n) is 26.2. The van der Waals surface area contributed by atoms with Gasteiger partial charge >= 0.3 is 0 Å². The number of hydrogen-bond donors (Lipinski definition) is 1. The minimum atomic E-state index is -4.18. The average molecular weight is 628 g/mol. The van der Waals surface area contributed by atoms with E-state index >= 15 is 0 Å². The largest absolute Gasteiger partial charge is 0.497 e. The van der Waals surface area contributed by atoms with Gasteiger partial charge in [0.1, 0.15) is 18.3 Å². The second-order valence-electron chi connectivity index (χ2n) is 11.1. The van der Waals surface area contributed by atoms with E-state index < -0.39 is 28.5 Å². The molecule has 45 heavy (non-hydrogen) atoms. The number of carbonyl (C=O) groups excluding carboxylic acids is 2. The number of carbonyl (C=O) groups is 2. The molecular weight excluding hydrogens is 586 g/mol. The minimum Gasteiger partial charge on any atom is -0.497 e. The van der Waals surface area contributed by atoms with Crippen LogP contribution in [0.2, 0.25) is 0 Å². The molecule has 8 nitrogen and oxygen atoms in total. The van der Waals surface area contributed by atoms with Crippen LogP contribution in [0.3, 0.4) is 0 Å². The molecule has 0 aromatic heterocycles. The van der Waals surface area contributed by atoms with E-state index in [0.717, 1.165) is 27.4 Å². The Labute approximate surface area is 266 Å². The first-order valence-electron chi connectivity index (χ1n) is 15.0. The quantitative estimate of drug-likeness (QED) is 0.192. The molecule has 4 rings (SSSR count). The lowest BCUT2D eigenvalue weighted by Gasteiger charge is -2.34. The highest BCUT2D eigenvalue weighted by Gasteiger charge is 2.35. The number of nitrogens with zero attached hydrogens (tertiary/aromatic N) is 2. The van der Waals surface area contributed by atoms with Crippen molar-refractivity contribution in [1.82, 2.24) is 10.2 Å². The van der Waals surface area contributed by atoms with Crippen LogP contribution >= 0.6 is 0 Å². The van der Waals surface area contributed by atoms with Gasteiger partial charge in [0, 0.05) is 19.0 Å². The van der Waals surface area contributed by atoms with Crippen molar-refractivity contribution < 1.29 is 22.7 Å². The molecule has 0 unspecified atom stereocenters. The van der Waals surface area contributed by atoms with Crippen LogP contribution in [0.1, 0.15) is 37.0 Å². The SMILES string of the molecule is CC[C@H](C)NC(=O)[C@H](Cc1ccccc1)N(Cc1ccccc1)C(=O)CN(c1ccc(OC)cc1)S(=O)(=O)c1ccc(C)cc1. The number of sulfonamides is 1. The molecule has 0 aliphatic heterocycles. The van der Waals surface area contributed by atoms with Gasteiger partial charge in [-0.05, 0) is 67.8 Å². The van der Waals surface area contributed by atoms with Crippen LogP contribution in [0.25, 0.3) is 0 Å². The molecule has 4 aromatic rings. The molecular formula is C36H41N3O5S. The van der Waals surface area contributed by atoms with Crippen molar-refractivity contribution in [2.24, 2.45) is 0 Å². The van der Waals surface area contributed by atoms with E-state index in [9.17, 15) is 18.0 Å². The van der Waals surface area contributed by atoms with Crippen molar-refractivity contribution in [1.29, 1.82) is 0 Å². The summed E-state index contributed by atoms with van der Waals surface area (Å²) >= 11 is 0. The normalized spacial score (nSPS) is 12.5. The molecule has 0 aliphatic carbocycles. The summed E-state index contributed by atoms with van der Waals surface area (Å²) in [5.41, 5.74) is 2.91. The molecule has 1 N–H and O–H groups in total. The maximum absolute atomic E-state index is 14.5. The highest BCUT2D eigenvalue weighted by molar-refractivity contribution is 7.92. The Balaban J connectivity index is 1.79. The first-order valence-corrected chi connectivity index (χ1v) is 16.5. The van der Waals surface area contributed by atoms with Gasteiger partial charge in [-0.3, -0.25) is 13.9 Å². The predicted molar refractivity (Wildman–Crippen MR) is 178 cm³/mol. The molecule has 2 atom stereocenters. The van der Waals surface area contributed by atoms with E-state index in [1.165, 1.54) is 24.1 Å². The van der Waals surface area contributed by atoms with Gasteiger partial charge in [0.2, 0.25) is 11.8 Å². The van der Waals surface area contributed by atoms with Gasteiger partial charge in [0.25, 0.3) is 10.0 Å². The smallest absolute Gasteiger partial charge is 0.264 e. The molecule has 236 valence electrons. The summed E-state index contributed by atoms with van der Waals surface area (Å²) in [6.45, 7) is 5.37. The summed E-state index contributed by atoms with van der Waals surface area (Å²) < 4.78 is 34.7. The van der Waals surface area contributed by atoms with Crippen molar-refractivity contribution in [3.8, 4) is 5.75 Å². The Morgan fingerprint density at radius 2 is 1.40 bits per heavy atom. The molecule has 2 amide bonds. The molecule has 0 saturated heterocycles. The van der Waals surface area contributed by atoms with Crippen molar-refractivity contribution in [3.05, 3.63) is 126 Å². The molecule has 4 aromatic carbocycles. The number of benzene rings is 4. The molecule has 0 radical (unpaired) electrons. The molecule has 9 heteroatoms. The van der Waals surface area contributed by atoms with Gasteiger partial charge in [0.05, 0.1) is 17.7 Å². The highest BCUT2D eigenvalue weighted by atomic mass is 32.2. The fourth-order valence-electron chi connectivity index (χ4n) is 4.89. The van der Waals surface area contributed by atoms with E-state index in [2.05, 4.69) is 5.32 Å². The van der Waals surface area contributed by atoms with Crippen molar-refractivity contribution in [2.45, 2.75) is 57.1 Å². The van der Waals surface area contributed by atoms with Gasteiger partial charge < -0.3 is 15.0 Å². The molecule has 0 bridgehead atoms. The van der Waals surface area contributed by atoms with E-state index in [1.54, 1.807) is 36.4 Å². The average Bonchev–Trinajstić information content (AvgIpc) is 3.06. The predicted octanol–water partition coefficient (Wildman–Crippen LogP) is 5.75. The monoisotopic (exact) mass is 627 g/mol. The third kappa shape index (κ3) is 8.73. The summed E-state index contributed by atoms with van der Waals surface area (Å²) in [6.07, 6.45) is 0.978. The number of rotatable bonds is 14. The van der Waals surface area contributed by atoms with Gasteiger partial charge in [-0.25, -0.2) is 8.42 Å². The van der Waals surface area contributed by atoms with E-state index in [1.807, 2.05) is 81.4 Å².